The Bertz CT molecular complexity index is 293. The first-order chi connectivity index (χ1) is 7.57. The molecular weight excluding hydrogens is 212 g/mol. The van der Waals surface area contributed by atoms with Crippen LogP contribution in [0.5, 0.6) is 0 Å². The Morgan fingerprint density at radius 1 is 1.31 bits per heavy atom. The Hall–Kier alpha value is -1.74. The Morgan fingerprint density at radius 2 is 1.94 bits per heavy atom. The summed E-state index contributed by atoms with van der Waals surface area (Å²) in [4.78, 5) is 21.3. The average Bonchev–Trinajstić information content (AvgIpc) is 2.24. The van der Waals surface area contributed by atoms with Gasteiger partial charge in [-0.2, -0.15) is 0 Å². The topological polar surface area (TPSA) is 98.7 Å². The van der Waals surface area contributed by atoms with Gasteiger partial charge in [0.1, 0.15) is 0 Å². The molecule has 6 heteroatoms. The lowest BCUT2D eigenvalue weighted by molar-refractivity contribution is -0.146. The molecule has 1 atom stereocenters. The molecule has 0 saturated heterocycles. The predicted molar refractivity (Wildman–Crippen MR) is 57.7 cm³/mol. The van der Waals surface area contributed by atoms with E-state index in [1.54, 1.807) is 6.92 Å². The molecule has 0 heterocycles. The van der Waals surface area contributed by atoms with Crippen molar-refractivity contribution < 1.29 is 19.8 Å². The lowest BCUT2D eigenvalue weighted by atomic mass is 10.2. The number of aliphatic hydroxyl groups is 1. The molecule has 0 spiro atoms. The number of urea groups is 1. The van der Waals surface area contributed by atoms with Gasteiger partial charge in [-0.15, -0.1) is 11.8 Å². The molecule has 0 radical (unpaired) electrons. The smallest absolute Gasteiger partial charge is 0.332 e. The molecule has 0 rings (SSSR count). The molecule has 1 unspecified atom stereocenters. The monoisotopic (exact) mass is 228 g/mol. The molecule has 2 amide bonds. The zero-order chi connectivity index (χ0) is 12.4. The number of carbonyl (C=O) groups is 2. The SMILES string of the molecule is CC#CCCNC(=O)NCCC(O)C(=O)O. The van der Waals surface area contributed by atoms with Crippen LogP contribution in [0, 0.1) is 11.8 Å². The molecule has 6 nitrogen and oxygen atoms in total. The van der Waals surface area contributed by atoms with Gasteiger partial charge in [0, 0.05) is 25.9 Å². The van der Waals surface area contributed by atoms with Crippen LogP contribution >= 0.6 is 0 Å². The van der Waals surface area contributed by atoms with E-state index in [1.807, 2.05) is 0 Å². The third kappa shape index (κ3) is 7.64. The first-order valence-corrected chi connectivity index (χ1v) is 4.90. The maximum absolute atomic E-state index is 11.1. The number of carboxylic acid groups (broad SMARTS) is 1. The molecule has 4 N–H and O–H groups in total. The Kier molecular flexibility index (Phi) is 7.63. The molecule has 0 bridgehead atoms. The largest absolute Gasteiger partial charge is 0.479 e. The highest BCUT2D eigenvalue weighted by molar-refractivity contribution is 5.74. The minimum Gasteiger partial charge on any atom is -0.479 e. The quantitative estimate of drug-likeness (QED) is 0.365. The molecule has 90 valence electrons. The first-order valence-electron chi connectivity index (χ1n) is 4.90. The van der Waals surface area contributed by atoms with Crippen LogP contribution in [0.1, 0.15) is 19.8 Å². The second-order valence-corrected chi connectivity index (χ2v) is 3.00. The van der Waals surface area contributed by atoms with Crippen LogP contribution in [0.3, 0.4) is 0 Å². The van der Waals surface area contributed by atoms with Crippen molar-refractivity contribution in [2.24, 2.45) is 0 Å². The zero-order valence-electron chi connectivity index (χ0n) is 9.12. The van der Waals surface area contributed by atoms with E-state index in [-0.39, 0.29) is 13.0 Å². The highest BCUT2D eigenvalue weighted by atomic mass is 16.4. The fraction of sp³-hybridized carbons (Fsp3) is 0.600. The van der Waals surface area contributed by atoms with Gasteiger partial charge in [0.25, 0.3) is 0 Å². The van der Waals surface area contributed by atoms with E-state index in [0.717, 1.165) is 0 Å². The summed E-state index contributed by atoms with van der Waals surface area (Å²) in [7, 11) is 0. The molecule has 0 aromatic rings. The minimum atomic E-state index is -1.44. The van der Waals surface area contributed by atoms with Crippen molar-refractivity contribution in [2.75, 3.05) is 13.1 Å². The summed E-state index contributed by atoms with van der Waals surface area (Å²) in [5.41, 5.74) is 0. The van der Waals surface area contributed by atoms with Crippen molar-refractivity contribution in [1.29, 1.82) is 0 Å². The highest BCUT2D eigenvalue weighted by Gasteiger charge is 2.12. The minimum absolute atomic E-state index is 0.0164. The summed E-state index contributed by atoms with van der Waals surface area (Å²) < 4.78 is 0. The molecule has 0 aromatic carbocycles. The van der Waals surface area contributed by atoms with Gasteiger partial charge in [-0.1, -0.05) is 0 Å². The van der Waals surface area contributed by atoms with Crippen LogP contribution in [-0.2, 0) is 4.79 Å². The molecular formula is C10H16N2O4. The Balaban J connectivity index is 3.49. The van der Waals surface area contributed by atoms with E-state index in [0.29, 0.717) is 13.0 Å². The van der Waals surface area contributed by atoms with Crippen molar-refractivity contribution in [2.45, 2.75) is 25.9 Å². The third-order valence-electron chi connectivity index (χ3n) is 1.70. The summed E-state index contributed by atoms with van der Waals surface area (Å²) in [6.45, 7) is 2.26. The second-order valence-electron chi connectivity index (χ2n) is 3.00. The van der Waals surface area contributed by atoms with E-state index in [2.05, 4.69) is 22.5 Å². The van der Waals surface area contributed by atoms with Gasteiger partial charge in [0.05, 0.1) is 0 Å². The molecule has 0 aliphatic rings. The molecule has 0 saturated carbocycles. The van der Waals surface area contributed by atoms with Crippen molar-refractivity contribution in [3.63, 3.8) is 0 Å². The van der Waals surface area contributed by atoms with Crippen LogP contribution in [0.4, 0.5) is 4.79 Å². The van der Waals surface area contributed by atoms with E-state index < -0.39 is 18.1 Å². The number of nitrogens with one attached hydrogen (secondary N) is 2. The van der Waals surface area contributed by atoms with Crippen LogP contribution in [-0.4, -0.2) is 41.4 Å². The standard InChI is InChI=1S/C10H16N2O4/c1-2-3-4-6-11-10(16)12-7-5-8(13)9(14)15/h8,13H,4-7H2,1H3,(H,14,15)(H2,11,12,16). The molecule has 0 fully saturated rings. The fourth-order valence-corrected chi connectivity index (χ4v) is 0.872. The van der Waals surface area contributed by atoms with Crippen molar-refractivity contribution in [3.8, 4) is 11.8 Å². The van der Waals surface area contributed by atoms with E-state index >= 15 is 0 Å². The van der Waals surface area contributed by atoms with Gasteiger partial charge in [0.15, 0.2) is 6.10 Å². The Labute approximate surface area is 94.0 Å². The first kappa shape index (κ1) is 14.3. The van der Waals surface area contributed by atoms with Gasteiger partial charge in [-0.05, 0) is 6.92 Å². The van der Waals surface area contributed by atoms with Gasteiger partial charge >= 0.3 is 12.0 Å². The molecule has 0 aliphatic heterocycles. The van der Waals surface area contributed by atoms with Crippen molar-refractivity contribution in [3.05, 3.63) is 0 Å². The van der Waals surface area contributed by atoms with Crippen molar-refractivity contribution >= 4 is 12.0 Å². The Morgan fingerprint density at radius 3 is 2.50 bits per heavy atom. The van der Waals surface area contributed by atoms with E-state index in [1.165, 1.54) is 0 Å². The summed E-state index contributed by atoms with van der Waals surface area (Å²) >= 11 is 0. The number of amides is 2. The van der Waals surface area contributed by atoms with Gasteiger partial charge in [-0.3, -0.25) is 0 Å². The zero-order valence-corrected chi connectivity index (χ0v) is 9.12. The van der Waals surface area contributed by atoms with Gasteiger partial charge in [-0.25, -0.2) is 9.59 Å². The average molecular weight is 228 g/mol. The van der Waals surface area contributed by atoms with Crippen LogP contribution in [0.15, 0.2) is 0 Å². The number of aliphatic hydroxyl groups excluding tert-OH is 1. The van der Waals surface area contributed by atoms with Crippen LogP contribution in [0.25, 0.3) is 0 Å². The van der Waals surface area contributed by atoms with Crippen LogP contribution in [0.2, 0.25) is 0 Å². The third-order valence-corrected chi connectivity index (χ3v) is 1.70. The second kappa shape index (κ2) is 8.56. The normalized spacial score (nSPS) is 10.9. The van der Waals surface area contributed by atoms with Crippen molar-refractivity contribution in [1.82, 2.24) is 10.6 Å². The number of carboxylic acids is 1. The summed E-state index contributed by atoms with van der Waals surface area (Å²) in [5, 5.41) is 22.2. The number of rotatable bonds is 6. The lowest BCUT2D eigenvalue weighted by Crippen LogP contribution is -2.38. The summed E-state index contributed by atoms with van der Waals surface area (Å²) in [5.74, 6) is 4.18. The molecule has 16 heavy (non-hydrogen) atoms. The fourth-order valence-electron chi connectivity index (χ4n) is 0.872. The maximum atomic E-state index is 11.1. The molecule has 0 aromatic heterocycles. The number of carbonyl (C=O) groups excluding carboxylic acids is 1. The number of hydrogen-bond acceptors (Lipinski definition) is 3. The van der Waals surface area contributed by atoms with E-state index in [9.17, 15) is 9.59 Å². The molecule has 0 aliphatic carbocycles. The van der Waals surface area contributed by atoms with Gasteiger partial charge < -0.3 is 20.8 Å². The van der Waals surface area contributed by atoms with Gasteiger partial charge in [0.2, 0.25) is 0 Å². The maximum Gasteiger partial charge on any atom is 0.332 e. The number of hydrogen-bond donors (Lipinski definition) is 4. The summed E-state index contributed by atoms with van der Waals surface area (Å²) in [6.07, 6.45) is -0.884. The van der Waals surface area contributed by atoms with Crippen LogP contribution < -0.4 is 10.6 Å². The lowest BCUT2D eigenvalue weighted by Gasteiger charge is -2.07. The number of aliphatic carboxylic acids is 1. The summed E-state index contributed by atoms with van der Waals surface area (Å²) in [6, 6.07) is -0.393. The predicted octanol–water partition coefficient (Wildman–Crippen LogP) is -0.465. The van der Waals surface area contributed by atoms with E-state index in [4.69, 9.17) is 10.2 Å². The highest BCUT2D eigenvalue weighted by Crippen LogP contribution is 1.88.